The van der Waals surface area contributed by atoms with Crippen molar-refractivity contribution in [2.24, 2.45) is 0 Å². The van der Waals surface area contributed by atoms with E-state index in [1.807, 2.05) is 6.07 Å². The molecule has 21 heavy (non-hydrogen) atoms. The molecule has 0 aliphatic rings. The SMILES string of the molecule is O=c1ccc(S(=O)(=O)Nc2cccc3ccncc23)c[nH]1. The van der Waals surface area contributed by atoms with Gasteiger partial charge in [-0.1, -0.05) is 12.1 Å². The van der Waals surface area contributed by atoms with Crippen LogP contribution in [0, 0.1) is 0 Å². The zero-order chi connectivity index (χ0) is 14.9. The first kappa shape index (κ1) is 13.3. The van der Waals surface area contributed by atoms with Gasteiger partial charge in [-0.2, -0.15) is 0 Å². The van der Waals surface area contributed by atoms with Crippen LogP contribution in [0.5, 0.6) is 0 Å². The maximum absolute atomic E-state index is 12.3. The number of pyridine rings is 2. The van der Waals surface area contributed by atoms with E-state index in [2.05, 4.69) is 14.7 Å². The first-order valence-corrected chi connectivity index (χ1v) is 7.59. The molecule has 0 spiro atoms. The van der Waals surface area contributed by atoms with Gasteiger partial charge < -0.3 is 4.98 Å². The third-order valence-corrected chi connectivity index (χ3v) is 4.36. The van der Waals surface area contributed by atoms with Crippen molar-refractivity contribution in [2.75, 3.05) is 4.72 Å². The summed E-state index contributed by atoms with van der Waals surface area (Å²) < 4.78 is 27.1. The smallest absolute Gasteiger partial charge is 0.263 e. The summed E-state index contributed by atoms with van der Waals surface area (Å²) in [5, 5.41) is 1.58. The van der Waals surface area contributed by atoms with Crippen LogP contribution in [0.3, 0.4) is 0 Å². The standard InChI is InChI=1S/C14H11N3O3S/c18-14-5-4-11(8-16-14)21(19,20)17-13-3-1-2-10-6-7-15-9-12(10)13/h1-9,17H,(H,16,18). The normalized spacial score (nSPS) is 11.4. The van der Waals surface area contributed by atoms with Crippen LogP contribution in [0.4, 0.5) is 5.69 Å². The van der Waals surface area contributed by atoms with E-state index in [1.54, 1.807) is 30.6 Å². The Morgan fingerprint density at radius 1 is 1.10 bits per heavy atom. The number of nitrogens with one attached hydrogen (secondary N) is 2. The molecule has 0 fully saturated rings. The fourth-order valence-corrected chi connectivity index (χ4v) is 3.02. The van der Waals surface area contributed by atoms with Gasteiger partial charge in [0, 0.05) is 30.0 Å². The molecule has 1 aromatic carbocycles. The van der Waals surface area contributed by atoms with E-state index in [9.17, 15) is 13.2 Å². The average Bonchev–Trinajstić information content (AvgIpc) is 2.48. The molecule has 2 aromatic heterocycles. The Balaban J connectivity index is 2.05. The number of aromatic amines is 1. The predicted octanol–water partition coefficient (Wildman–Crippen LogP) is 1.72. The number of benzene rings is 1. The third-order valence-electron chi connectivity index (χ3n) is 2.99. The maximum Gasteiger partial charge on any atom is 0.263 e. The number of hydrogen-bond donors (Lipinski definition) is 2. The summed E-state index contributed by atoms with van der Waals surface area (Å²) >= 11 is 0. The minimum Gasteiger partial charge on any atom is -0.328 e. The quantitative estimate of drug-likeness (QED) is 0.770. The summed E-state index contributed by atoms with van der Waals surface area (Å²) in [5.74, 6) is 0. The maximum atomic E-state index is 12.3. The molecule has 7 heteroatoms. The van der Waals surface area contributed by atoms with E-state index in [1.165, 1.54) is 12.1 Å². The number of sulfonamides is 1. The largest absolute Gasteiger partial charge is 0.328 e. The molecule has 0 saturated carbocycles. The Labute approximate surface area is 120 Å². The van der Waals surface area contributed by atoms with E-state index < -0.39 is 10.0 Å². The minimum atomic E-state index is -3.77. The monoisotopic (exact) mass is 301 g/mol. The van der Waals surface area contributed by atoms with E-state index >= 15 is 0 Å². The molecule has 0 aliphatic carbocycles. The summed E-state index contributed by atoms with van der Waals surface area (Å²) in [6.45, 7) is 0. The van der Waals surface area contributed by atoms with Crippen LogP contribution in [-0.4, -0.2) is 18.4 Å². The number of fused-ring (bicyclic) bond motifs is 1. The molecular weight excluding hydrogens is 290 g/mol. The van der Waals surface area contributed by atoms with Crippen molar-refractivity contribution in [3.05, 3.63) is 65.3 Å². The van der Waals surface area contributed by atoms with Crippen molar-refractivity contribution in [1.82, 2.24) is 9.97 Å². The van der Waals surface area contributed by atoms with Crippen LogP contribution in [0.2, 0.25) is 0 Å². The van der Waals surface area contributed by atoms with Gasteiger partial charge in [0.15, 0.2) is 0 Å². The van der Waals surface area contributed by atoms with Crippen molar-refractivity contribution in [1.29, 1.82) is 0 Å². The highest BCUT2D eigenvalue weighted by atomic mass is 32.2. The number of anilines is 1. The van der Waals surface area contributed by atoms with Crippen LogP contribution in [0.15, 0.2) is 64.7 Å². The molecule has 0 radical (unpaired) electrons. The highest BCUT2D eigenvalue weighted by molar-refractivity contribution is 7.92. The van der Waals surface area contributed by atoms with E-state index in [-0.39, 0.29) is 10.5 Å². The highest BCUT2D eigenvalue weighted by Gasteiger charge is 2.15. The van der Waals surface area contributed by atoms with Gasteiger partial charge in [0.05, 0.1) is 5.69 Å². The lowest BCUT2D eigenvalue weighted by molar-refractivity contribution is 0.601. The Morgan fingerprint density at radius 2 is 1.95 bits per heavy atom. The summed E-state index contributed by atoms with van der Waals surface area (Å²) in [4.78, 5) is 17.3. The molecule has 6 nitrogen and oxygen atoms in total. The Kier molecular flexibility index (Phi) is 3.19. The number of aromatic nitrogens is 2. The fraction of sp³-hybridized carbons (Fsp3) is 0. The van der Waals surface area contributed by atoms with Gasteiger partial charge in [0.1, 0.15) is 4.90 Å². The third kappa shape index (κ3) is 2.63. The van der Waals surface area contributed by atoms with Crippen molar-refractivity contribution >= 4 is 26.5 Å². The Morgan fingerprint density at radius 3 is 2.71 bits per heavy atom. The molecule has 0 saturated heterocycles. The van der Waals surface area contributed by atoms with Crippen molar-refractivity contribution in [2.45, 2.75) is 4.90 Å². The average molecular weight is 301 g/mol. The Hall–Kier alpha value is -2.67. The van der Waals surface area contributed by atoms with Crippen LogP contribution in [0.25, 0.3) is 10.8 Å². The van der Waals surface area contributed by atoms with E-state index in [0.717, 1.165) is 11.6 Å². The number of nitrogens with zero attached hydrogens (tertiary/aromatic N) is 1. The molecule has 0 unspecified atom stereocenters. The summed E-state index contributed by atoms with van der Waals surface area (Å²) in [5.41, 5.74) is 0.0788. The van der Waals surface area contributed by atoms with E-state index in [0.29, 0.717) is 11.1 Å². The van der Waals surface area contributed by atoms with E-state index in [4.69, 9.17) is 0 Å². The Bertz CT molecular complexity index is 939. The highest BCUT2D eigenvalue weighted by Crippen LogP contribution is 2.24. The lowest BCUT2D eigenvalue weighted by Crippen LogP contribution is -2.15. The second-order valence-corrected chi connectivity index (χ2v) is 6.08. The fourth-order valence-electron chi connectivity index (χ4n) is 1.97. The van der Waals surface area contributed by atoms with Gasteiger partial charge in [-0.15, -0.1) is 0 Å². The molecule has 2 N–H and O–H groups in total. The molecule has 3 aromatic rings. The molecule has 0 amide bonds. The van der Waals surface area contributed by atoms with Crippen LogP contribution in [0.1, 0.15) is 0 Å². The minimum absolute atomic E-state index is 0.0111. The van der Waals surface area contributed by atoms with Gasteiger partial charge in [0.25, 0.3) is 10.0 Å². The van der Waals surface area contributed by atoms with Gasteiger partial charge >= 0.3 is 0 Å². The van der Waals surface area contributed by atoms with Gasteiger partial charge in [-0.3, -0.25) is 14.5 Å². The topological polar surface area (TPSA) is 91.9 Å². The predicted molar refractivity (Wildman–Crippen MR) is 79.6 cm³/mol. The first-order valence-electron chi connectivity index (χ1n) is 6.10. The van der Waals surface area contributed by atoms with Gasteiger partial charge in [-0.05, 0) is 23.6 Å². The van der Waals surface area contributed by atoms with Crippen molar-refractivity contribution in [3.8, 4) is 0 Å². The van der Waals surface area contributed by atoms with Gasteiger partial charge in [-0.25, -0.2) is 8.42 Å². The lowest BCUT2D eigenvalue weighted by atomic mass is 10.1. The molecule has 0 bridgehead atoms. The number of H-pyrrole nitrogens is 1. The molecular formula is C14H11N3O3S. The molecule has 0 aliphatic heterocycles. The zero-order valence-electron chi connectivity index (χ0n) is 10.8. The second-order valence-electron chi connectivity index (χ2n) is 4.40. The molecule has 0 atom stereocenters. The second kappa shape index (κ2) is 5.02. The van der Waals surface area contributed by atoms with Crippen molar-refractivity contribution < 1.29 is 8.42 Å². The zero-order valence-corrected chi connectivity index (χ0v) is 11.6. The summed E-state index contributed by atoms with van der Waals surface area (Å²) in [7, 11) is -3.77. The first-order chi connectivity index (χ1) is 10.1. The number of rotatable bonds is 3. The summed E-state index contributed by atoms with van der Waals surface area (Å²) in [6, 6.07) is 9.51. The van der Waals surface area contributed by atoms with Crippen molar-refractivity contribution in [3.63, 3.8) is 0 Å². The summed E-state index contributed by atoms with van der Waals surface area (Å²) in [6.07, 6.45) is 4.40. The molecule has 3 rings (SSSR count). The van der Waals surface area contributed by atoms with Gasteiger partial charge in [0.2, 0.25) is 5.56 Å². The number of hydrogen-bond acceptors (Lipinski definition) is 4. The lowest BCUT2D eigenvalue weighted by Gasteiger charge is -2.10. The van der Waals surface area contributed by atoms with Crippen LogP contribution in [-0.2, 0) is 10.0 Å². The van der Waals surface area contributed by atoms with Crippen LogP contribution >= 0.6 is 0 Å². The molecule has 2 heterocycles. The molecule has 106 valence electrons. The van der Waals surface area contributed by atoms with Crippen LogP contribution < -0.4 is 10.3 Å².